The third kappa shape index (κ3) is 2.71. The van der Waals surface area contributed by atoms with Gasteiger partial charge in [0, 0.05) is 14.9 Å². The van der Waals surface area contributed by atoms with Gasteiger partial charge in [0.1, 0.15) is 6.10 Å². The van der Waals surface area contributed by atoms with Crippen molar-refractivity contribution >= 4 is 38.3 Å². The van der Waals surface area contributed by atoms with Crippen molar-refractivity contribution in [2.45, 2.75) is 13.0 Å². The van der Waals surface area contributed by atoms with Crippen molar-refractivity contribution in [3.05, 3.63) is 80.8 Å². The molecule has 3 aromatic rings. The number of hydrogen-bond donors (Lipinski definition) is 1. The molecule has 0 aromatic heterocycles. The lowest BCUT2D eigenvalue weighted by Crippen LogP contribution is -2.01. The Balaban J connectivity index is 2.15. The van der Waals surface area contributed by atoms with E-state index in [0.29, 0.717) is 5.02 Å². The molecule has 0 bridgehead atoms. The molecule has 0 spiro atoms. The third-order valence-electron chi connectivity index (χ3n) is 3.71. The highest BCUT2D eigenvalue weighted by atomic mass is 79.9. The largest absolute Gasteiger partial charge is 0.384 e. The Kier molecular flexibility index (Phi) is 4.03. The quantitative estimate of drug-likeness (QED) is 0.625. The van der Waals surface area contributed by atoms with E-state index < -0.39 is 6.10 Å². The molecule has 21 heavy (non-hydrogen) atoms. The number of hydrogen-bond acceptors (Lipinski definition) is 1. The molecule has 0 fully saturated rings. The highest BCUT2D eigenvalue weighted by Crippen LogP contribution is 2.33. The molecule has 106 valence electrons. The summed E-state index contributed by atoms with van der Waals surface area (Å²) < 4.78 is 0.998. The molecule has 0 radical (unpaired) electrons. The Morgan fingerprint density at radius 2 is 1.71 bits per heavy atom. The number of halogens is 2. The summed E-state index contributed by atoms with van der Waals surface area (Å²) in [7, 11) is 0. The molecule has 3 heteroatoms. The van der Waals surface area contributed by atoms with Crippen LogP contribution in [0.4, 0.5) is 0 Å². The van der Waals surface area contributed by atoms with Crippen LogP contribution < -0.4 is 0 Å². The Morgan fingerprint density at radius 3 is 2.43 bits per heavy atom. The summed E-state index contributed by atoms with van der Waals surface area (Å²) in [6.45, 7) is 2.03. The molecular formula is C18H14BrClO. The lowest BCUT2D eigenvalue weighted by atomic mass is 9.95. The van der Waals surface area contributed by atoms with Gasteiger partial charge in [-0.3, -0.25) is 0 Å². The van der Waals surface area contributed by atoms with Gasteiger partial charge >= 0.3 is 0 Å². The molecule has 1 nitrogen and oxygen atoms in total. The summed E-state index contributed by atoms with van der Waals surface area (Å²) in [6, 6.07) is 17.5. The van der Waals surface area contributed by atoms with E-state index >= 15 is 0 Å². The van der Waals surface area contributed by atoms with E-state index in [1.807, 2.05) is 61.5 Å². The Morgan fingerprint density at radius 1 is 1.00 bits per heavy atom. The zero-order chi connectivity index (χ0) is 15.0. The fourth-order valence-electron chi connectivity index (χ4n) is 2.48. The Bertz CT molecular complexity index is 813. The number of rotatable bonds is 2. The van der Waals surface area contributed by atoms with Crippen LogP contribution in [0.3, 0.4) is 0 Å². The van der Waals surface area contributed by atoms with Crippen LogP contribution in [0, 0.1) is 6.92 Å². The maximum Gasteiger partial charge on any atom is 0.105 e. The highest BCUT2D eigenvalue weighted by Gasteiger charge is 2.15. The minimum Gasteiger partial charge on any atom is -0.384 e. The predicted molar refractivity (Wildman–Crippen MR) is 91.9 cm³/mol. The van der Waals surface area contributed by atoms with Crippen LogP contribution in [-0.2, 0) is 0 Å². The molecule has 0 saturated carbocycles. The van der Waals surface area contributed by atoms with Gasteiger partial charge in [0.15, 0.2) is 0 Å². The van der Waals surface area contributed by atoms with Gasteiger partial charge in [0.2, 0.25) is 0 Å². The SMILES string of the molecule is Cc1ccc(C(O)c2ccc(Cl)c3ccccc23)cc1Br. The lowest BCUT2D eigenvalue weighted by Gasteiger charge is -2.16. The molecule has 0 aliphatic carbocycles. The molecule has 3 rings (SSSR count). The maximum absolute atomic E-state index is 10.7. The molecule has 1 atom stereocenters. The van der Waals surface area contributed by atoms with Gasteiger partial charge in [0.25, 0.3) is 0 Å². The van der Waals surface area contributed by atoms with Crippen molar-refractivity contribution < 1.29 is 5.11 Å². The van der Waals surface area contributed by atoms with Crippen LogP contribution >= 0.6 is 27.5 Å². The minimum atomic E-state index is -0.677. The summed E-state index contributed by atoms with van der Waals surface area (Å²) in [5, 5.41) is 13.4. The second-order valence-corrected chi connectivity index (χ2v) is 6.35. The number of aryl methyl sites for hydroxylation is 1. The van der Waals surface area contributed by atoms with E-state index in [4.69, 9.17) is 11.6 Å². The van der Waals surface area contributed by atoms with Crippen LogP contribution in [0.1, 0.15) is 22.8 Å². The first-order valence-electron chi connectivity index (χ1n) is 6.69. The molecule has 0 amide bonds. The molecule has 3 aromatic carbocycles. The second-order valence-electron chi connectivity index (χ2n) is 5.09. The number of fused-ring (bicyclic) bond motifs is 1. The first-order chi connectivity index (χ1) is 10.1. The van der Waals surface area contributed by atoms with Crippen molar-refractivity contribution in [2.75, 3.05) is 0 Å². The molecule has 1 N–H and O–H groups in total. The standard InChI is InChI=1S/C18H14BrClO/c1-11-6-7-12(10-16(11)19)18(21)15-8-9-17(20)14-5-3-2-4-13(14)15/h2-10,18,21H,1H3. The highest BCUT2D eigenvalue weighted by molar-refractivity contribution is 9.10. The van der Waals surface area contributed by atoms with Gasteiger partial charge in [-0.1, -0.05) is 70.0 Å². The zero-order valence-corrected chi connectivity index (χ0v) is 13.8. The summed E-state index contributed by atoms with van der Waals surface area (Å²) in [5.41, 5.74) is 2.87. The lowest BCUT2D eigenvalue weighted by molar-refractivity contribution is 0.222. The van der Waals surface area contributed by atoms with Gasteiger partial charge in [-0.15, -0.1) is 0 Å². The van der Waals surface area contributed by atoms with E-state index in [9.17, 15) is 5.11 Å². The first kappa shape index (κ1) is 14.6. The predicted octanol–water partition coefficient (Wildman–Crippen LogP) is 5.65. The Labute approximate surface area is 137 Å². The normalized spacial score (nSPS) is 12.6. The van der Waals surface area contributed by atoms with E-state index in [1.54, 1.807) is 0 Å². The molecule has 0 aliphatic heterocycles. The molecule has 0 aliphatic rings. The Hall–Kier alpha value is -1.35. The zero-order valence-electron chi connectivity index (χ0n) is 11.5. The van der Waals surface area contributed by atoms with Gasteiger partial charge in [-0.25, -0.2) is 0 Å². The maximum atomic E-state index is 10.7. The van der Waals surface area contributed by atoms with Crippen molar-refractivity contribution in [3.63, 3.8) is 0 Å². The fraction of sp³-hybridized carbons (Fsp3) is 0.111. The number of benzene rings is 3. The van der Waals surface area contributed by atoms with Crippen molar-refractivity contribution in [1.82, 2.24) is 0 Å². The van der Waals surface area contributed by atoms with Crippen LogP contribution in [0.5, 0.6) is 0 Å². The van der Waals surface area contributed by atoms with Crippen molar-refractivity contribution in [2.24, 2.45) is 0 Å². The topological polar surface area (TPSA) is 20.2 Å². The second kappa shape index (κ2) is 5.80. The smallest absolute Gasteiger partial charge is 0.105 e. The fourth-order valence-corrected chi connectivity index (χ4v) is 3.11. The average molecular weight is 362 g/mol. The van der Waals surface area contributed by atoms with Crippen LogP contribution in [0.15, 0.2) is 59.1 Å². The third-order valence-corrected chi connectivity index (χ3v) is 4.89. The van der Waals surface area contributed by atoms with E-state index in [2.05, 4.69) is 15.9 Å². The van der Waals surface area contributed by atoms with E-state index in [-0.39, 0.29) is 0 Å². The van der Waals surface area contributed by atoms with Crippen LogP contribution in [0.25, 0.3) is 10.8 Å². The summed E-state index contributed by atoms with van der Waals surface area (Å²) in [4.78, 5) is 0. The average Bonchev–Trinajstić information content (AvgIpc) is 2.50. The molecule has 0 heterocycles. The summed E-state index contributed by atoms with van der Waals surface area (Å²) in [6.07, 6.45) is -0.677. The van der Waals surface area contributed by atoms with Crippen molar-refractivity contribution in [3.8, 4) is 0 Å². The van der Waals surface area contributed by atoms with Gasteiger partial charge < -0.3 is 5.11 Å². The van der Waals surface area contributed by atoms with Crippen LogP contribution in [-0.4, -0.2) is 5.11 Å². The minimum absolute atomic E-state index is 0.677. The summed E-state index contributed by atoms with van der Waals surface area (Å²) in [5.74, 6) is 0. The van der Waals surface area contributed by atoms with E-state index in [1.165, 1.54) is 0 Å². The monoisotopic (exact) mass is 360 g/mol. The summed E-state index contributed by atoms with van der Waals surface area (Å²) >= 11 is 9.75. The van der Waals surface area contributed by atoms with Gasteiger partial charge in [-0.05, 0) is 41.1 Å². The van der Waals surface area contributed by atoms with Gasteiger partial charge in [-0.2, -0.15) is 0 Å². The van der Waals surface area contributed by atoms with E-state index in [0.717, 1.165) is 31.9 Å². The molecule has 0 saturated heterocycles. The number of aliphatic hydroxyl groups is 1. The molecular weight excluding hydrogens is 348 g/mol. The molecule has 1 unspecified atom stereocenters. The van der Waals surface area contributed by atoms with Gasteiger partial charge in [0.05, 0.1) is 0 Å². The number of aliphatic hydroxyl groups excluding tert-OH is 1. The van der Waals surface area contributed by atoms with Crippen molar-refractivity contribution in [1.29, 1.82) is 0 Å². The van der Waals surface area contributed by atoms with Crippen LogP contribution in [0.2, 0.25) is 5.02 Å². The first-order valence-corrected chi connectivity index (χ1v) is 7.86.